The lowest BCUT2D eigenvalue weighted by molar-refractivity contribution is -0.132. The monoisotopic (exact) mass is 398 g/mol. The van der Waals surface area contributed by atoms with E-state index in [0.29, 0.717) is 25.2 Å². The third-order valence-electron chi connectivity index (χ3n) is 6.17. The van der Waals surface area contributed by atoms with E-state index < -0.39 is 0 Å². The number of benzene rings is 3. The second kappa shape index (κ2) is 7.02. The van der Waals surface area contributed by atoms with Crippen LogP contribution in [0.25, 0.3) is 21.9 Å². The maximum absolute atomic E-state index is 13.3. The molecule has 0 atom stereocenters. The first-order valence-electron chi connectivity index (χ1n) is 10.1. The van der Waals surface area contributed by atoms with E-state index in [2.05, 4.69) is 6.58 Å². The SMILES string of the molecule is C=CC(=O)N1CC(N2CCc3ccc(-c4cc(O)cc5ccccc45)cc3C2=O)C1. The van der Waals surface area contributed by atoms with Crippen molar-refractivity contribution in [3.63, 3.8) is 0 Å². The number of phenols is 1. The van der Waals surface area contributed by atoms with E-state index in [1.54, 1.807) is 17.0 Å². The van der Waals surface area contributed by atoms with Crippen LogP contribution in [0, 0.1) is 0 Å². The topological polar surface area (TPSA) is 60.9 Å². The summed E-state index contributed by atoms with van der Waals surface area (Å²) in [6.07, 6.45) is 2.11. The van der Waals surface area contributed by atoms with Crippen LogP contribution in [0.1, 0.15) is 15.9 Å². The van der Waals surface area contributed by atoms with Gasteiger partial charge in [0.15, 0.2) is 0 Å². The van der Waals surface area contributed by atoms with Gasteiger partial charge in [0.25, 0.3) is 5.91 Å². The van der Waals surface area contributed by atoms with Crippen LogP contribution in [0.2, 0.25) is 0 Å². The largest absolute Gasteiger partial charge is 0.508 e. The Bertz CT molecular complexity index is 1190. The van der Waals surface area contributed by atoms with E-state index in [1.165, 1.54) is 6.08 Å². The van der Waals surface area contributed by atoms with E-state index in [-0.39, 0.29) is 23.6 Å². The fourth-order valence-corrected chi connectivity index (χ4v) is 4.50. The van der Waals surface area contributed by atoms with Crippen molar-refractivity contribution in [3.8, 4) is 16.9 Å². The molecule has 2 aliphatic rings. The lowest BCUT2D eigenvalue weighted by Crippen LogP contribution is -2.63. The minimum Gasteiger partial charge on any atom is -0.508 e. The average Bonchev–Trinajstić information content (AvgIpc) is 2.73. The molecular formula is C25H22N2O3. The normalized spacial score (nSPS) is 16.3. The second-order valence-corrected chi connectivity index (χ2v) is 7.94. The number of aromatic hydroxyl groups is 1. The first-order valence-corrected chi connectivity index (χ1v) is 10.1. The summed E-state index contributed by atoms with van der Waals surface area (Å²) in [5.41, 5.74) is 3.57. The molecule has 0 unspecified atom stereocenters. The van der Waals surface area contributed by atoms with Crippen molar-refractivity contribution in [1.82, 2.24) is 9.80 Å². The Morgan fingerprint density at radius 3 is 2.67 bits per heavy atom. The zero-order chi connectivity index (χ0) is 20.8. The van der Waals surface area contributed by atoms with Crippen molar-refractivity contribution >= 4 is 22.6 Å². The number of carbonyl (C=O) groups is 2. The van der Waals surface area contributed by atoms with Crippen LogP contribution in [-0.4, -0.2) is 52.4 Å². The molecule has 2 heterocycles. The molecule has 150 valence electrons. The third-order valence-corrected chi connectivity index (χ3v) is 6.17. The highest BCUT2D eigenvalue weighted by atomic mass is 16.3. The fraction of sp³-hybridized carbons (Fsp3) is 0.200. The number of hydrogen-bond acceptors (Lipinski definition) is 3. The van der Waals surface area contributed by atoms with Crippen molar-refractivity contribution < 1.29 is 14.7 Å². The zero-order valence-corrected chi connectivity index (χ0v) is 16.5. The number of carbonyl (C=O) groups excluding carboxylic acids is 2. The summed E-state index contributed by atoms with van der Waals surface area (Å²) in [5.74, 6) is 0.128. The summed E-state index contributed by atoms with van der Waals surface area (Å²) in [6, 6.07) is 17.4. The predicted octanol–water partition coefficient (Wildman–Crippen LogP) is 3.61. The molecule has 0 aliphatic carbocycles. The van der Waals surface area contributed by atoms with Gasteiger partial charge in [-0.05, 0) is 58.2 Å². The molecule has 3 aromatic rings. The minimum absolute atomic E-state index is 0.0123. The Morgan fingerprint density at radius 1 is 1.07 bits per heavy atom. The minimum atomic E-state index is -0.0887. The van der Waals surface area contributed by atoms with E-state index in [9.17, 15) is 14.7 Å². The maximum atomic E-state index is 13.3. The van der Waals surface area contributed by atoms with Crippen molar-refractivity contribution in [1.29, 1.82) is 0 Å². The number of hydrogen-bond donors (Lipinski definition) is 1. The van der Waals surface area contributed by atoms with Gasteiger partial charge in [-0.3, -0.25) is 9.59 Å². The Balaban J connectivity index is 1.48. The molecule has 0 aromatic heterocycles. The smallest absolute Gasteiger partial charge is 0.254 e. The Kier molecular flexibility index (Phi) is 4.31. The first-order chi connectivity index (χ1) is 14.5. The van der Waals surface area contributed by atoms with Gasteiger partial charge in [0.05, 0.1) is 6.04 Å². The summed E-state index contributed by atoms with van der Waals surface area (Å²) >= 11 is 0. The van der Waals surface area contributed by atoms with Gasteiger partial charge in [-0.15, -0.1) is 0 Å². The fourth-order valence-electron chi connectivity index (χ4n) is 4.50. The molecule has 30 heavy (non-hydrogen) atoms. The average molecular weight is 398 g/mol. The Hall–Kier alpha value is -3.60. The quantitative estimate of drug-likeness (QED) is 0.686. The number of nitrogens with zero attached hydrogens (tertiary/aromatic N) is 2. The molecule has 0 spiro atoms. The van der Waals surface area contributed by atoms with E-state index in [0.717, 1.165) is 33.9 Å². The van der Waals surface area contributed by atoms with Gasteiger partial charge in [0.2, 0.25) is 5.91 Å². The van der Waals surface area contributed by atoms with Crippen molar-refractivity contribution in [2.45, 2.75) is 12.5 Å². The van der Waals surface area contributed by atoms with Gasteiger partial charge in [-0.2, -0.15) is 0 Å². The number of phenolic OH excluding ortho intramolecular Hbond substituents is 1. The second-order valence-electron chi connectivity index (χ2n) is 7.94. The lowest BCUT2D eigenvalue weighted by atomic mass is 9.90. The summed E-state index contributed by atoms with van der Waals surface area (Å²) in [4.78, 5) is 28.6. The van der Waals surface area contributed by atoms with Gasteiger partial charge < -0.3 is 14.9 Å². The summed E-state index contributed by atoms with van der Waals surface area (Å²) in [5, 5.41) is 12.2. The number of likely N-dealkylation sites (tertiary alicyclic amines) is 1. The molecule has 5 nitrogen and oxygen atoms in total. The molecule has 5 heteroatoms. The van der Waals surface area contributed by atoms with Crippen LogP contribution >= 0.6 is 0 Å². The van der Waals surface area contributed by atoms with Crippen LogP contribution in [-0.2, 0) is 11.2 Å². The number of fused-ring (bicyclic) bond motifs is 2. The molecule has 3 aromatic carbocycles. The zero-order valence-electron chi connectivity index (χ0n) is 16.5. The highest BCUT2D eigenvalue weighted by Crippen LogP contribution is 2.35. The number of rotatable bonds is 3. The van der Waals surface area contributed by atoms with E-state index >= 15 is 0 Å². The highest BCUT2D eigenvalue weighted by Gasteiger charge is 2.38. The molecule has 0 bridgehead atoms. The maximum Gasteiger partial charge on any atom is 0.254 e. The molecular weight excluding hydrogens is 376 g/mol. The molecule has 2 amide bonds. The molecule has 1 fully saturated rings. The number of amides is 2. The Labute approximate surface area is 174 Å². The van der Waals surface area contributed by atoms with E-state index in [1.807, 2.05) is 47.4 Å². The predicted molar refractivity (Wildman–Crippen MR) is 116 cm³/mol. The summed E-state index contributed by atoms with van der Waals surface area (Å²) in [6.45, 7) is 5.31. The van der Waals surface area contributed by atoms with Crippen molar-refractivity contribution in [2.24, 2.45) is 0 Å². The molecule has 1 N–H and O–H groups in total. The van der Waals surface area contributed by atoms with Crippen molar-refractivity contribution in [3.05, 3.63) is 78.4 Å². The van der Waals surface area contributed by atoms with Crippen LogP contribution < -0.4 is 0 Å². The van der Waals surface area contributed by atoms with Crippen LogP contribution in [0.4, 0.5) is 0 Å². The van der Waals surface area contributed by atoms with Gasteiger partial charge >= 0.3 is 0 Å². The highest BCUT2D eigenvalue weighted by molar-refractivity contribution is 6.02. The molecule has 1 saturated heterocycles. The van der Waals surface area contributed by atoms with Crippen LogP contribution in [0.15, 0.2) is 67.3 Å². The van der Waals surface area contributed by atoms with Crippen molar-refractivity contribution in [2.75, 3.05) is 19.6 Å². The van der Waals surface area contributed by atoms with Gasteiger partial charge in [0.1, 0.15) is 5.75 Å². The lowest BCUT2D eigenvalue weighted by Gasteiger charge is -2.46. The standard InChI is InChI=1S/C25H22N2O3/c1-2-24(29)26-14-19(15-26)27-10-9-16-7-8-18(12-23(16)25(27)30)22-13-20(28)11-17-5-3-4-6-21(17)22/h2-8,11-13,19,28H,1,9-10,14-15H2. The molecule has 5 rings (SSSR count). The summed E-state index contributed by atoms with van der Waals surface area (Å²) in [7, 11) is 0. The van der Waals surface area contributed by atoms with Crippen LogP contribution in [0.3, 0.4) is 0 Å². The van der Waals surface area contributed by atoms with Crippen LogP contribution in [0.5, 0.6) is 5.75 Å². The van der Waals surface area contributed by atoms with Gasteiger partial charge in [-0.25, -0.2) is 0 Å². The third kappa shape index (κ3) is 2.94. The summed E-state index contributed by atoms with van der Waals surface area (Å²) < 4.78 is 0. The molecule has 0 radical (unpaired) electrons. The molecule has 2 aliphatic heterocycles. The first kappa shape index (κ1) is 18.4. The molecule has 0 saturated carbocycles. The van der Waals surface area contributed by atoms with Gasteiger partial charge in [0, 0.05) is 25.2 Å². The van der Waals surface area contributed by atoms with E-state index in [4.69, 9.17) is 0 Å². The van der Waals surface area contributed by atoms with Gasteiger partial charge in [-0.1, -0.05) is 43.0 Å². The Morgan fingerprint density at radius 2 is 1.87 bits per heavy atom.